The lowest BCUT2D eigenvalue weighted by atomic mass is 9.79. The Morgan fingerprint density at radius 1 is 1.10 bits per heavy atom. The molecule has 2 amide bonds. The highest BCUT2D eigenvalue weighted by molar-refractivity contribution is 5.76. The van der Waals surface area contributed by atoms with Gasteiger partial charge in [-0.1, -0.05) is 0 Å². The van der Waals surface area contributed by atoms with Crippen LogP contribution in [-0.4, -0.2) is 28.9 Å². The summed E-state index contributed by atoms with van der Waals surface area (Å²) in [4.78, 5) is 22.5. The molecule has 0 atom stereocenters. The molecule has 1 aliphatic rings. The van der Waals surface area contributed by atoms with Gasteiger partial charge < -0.3 is 16.4 Å². The van der Waals surface area contributed by atoms with Crippen molar-refractivity contribution in [3.63, 3.8) is 0 Å². The van der Waals surface area contributed by atoms with E-state index in [1.165, 1.54) is 0 Å². The van der Waals surface area contributed by atoms with Crippen LogP contribution < -0.4 is 16.4 Å². The number of rotatable bonds is 6. The average Bonchev–Trinajstić information content (AvgIpc) is 2.19. The van der Waals surface area contributed by atoms with Crippen LogP contribution in [0.4, 0.5) is 0 Å². The first kappa shape index (κ1) is 17.0. The van der Waals surface area contributed by atoms with Crippen LogP contribution in [0.5, 0.6) is 0 Å². The largest absolute Gasteiger partial charge is 0.370 e. The first-order chi connectivity index (χ1) is 9.10. The Bertz CT molecular complexity index is 348. The van der Waals surface area contributed by atoms with Crippen molar-refractivity contribution in [2.24, 2.45) is 5.73 Å². The van der Waals surface area contributed by atoms with Crippen molar-refractivity contribution in [1.82, 2.24) is 10.6 Å². The molecule has 5 heteroatoms. The monoisotopic (exact) mass is 283 g/mol. The molecule has 0 unspecified atom stereocenters. The van der Waals surface area contributed by atoms with Gasteiger partial charge in [0.25, 0.3) is 0 Å². The highest BCUT2D eigenvalue weighted by Crippen LogP contribution is 2.28. The third-order valence-corrected chi connectivity index (χ3v) is 3.63. The normalized spacial score (nSPS) is 21.4. The van der Waals surface area contributed by atoms with E-state index >= 15 is 0 Å². The second-order valence-corrected chi connectivity index (χ2v) is 7.24. The molecule has 0 aromatic carbocycles. The fourth-order valence-corrected chi connectivity index (χ4v) is 3.31. The third-order valence-electron chi connectivity index (χ3n) is 3.63. The van der Waals surface area contributed by atoms with Gasteiger partial charge in [0.15, 0.2) is 0 Å². The molecule has 0 bridgehead atoms. The number of carbonyl (C=O) groups excluding carboxylic acids is 2. The van der Waals surface area contributed by atoms with Crippen molar-refractivity contribution in [3.05, 3.63) is 0 Å². The Balaban J connectivity index is 2.36. The van der Waals surface area contributed by atoms with E-state index in [0.717, 1.165) is 12.8 Å². The quantitative estimate of drug-likeness (QED) is 0.645. The van der Waals surface area contributed by atoms with E-state index in [4.69, 9.17) is 5.73 Å². The Kier molecular flexibility index (Phi) is 5.57. The molecule has 0 saturated carbocycles. The summed E-state index contributed by atoms with van der Waals surface area (Å²) in [5.74, 6) is -0.222. The van der Waals surface area contributed by atoms with Gasteiger partial charge in [-0.05, 0) is 53.4 Å². The van der Waals surface area contributed by atoms with Gasteiger partial charge in [0, 0.05) is 30.0 Å². The molecular weight excluding hydrogens is 254 g/mol. The Labute approximate surface area is 122 Å². The molecule has 1 heterocycles. The third kappa shape index (κ3) is 6.37. The van der Waals surface area contributed by atoms with Crippen molar-refractivity contribution in [3.8, 4) is 0 Å². The Morgan fingerprint density at radius 2 is 1.60 bits per heavy atom. The minimum Gasteiger partial charge on any atom is -0.370 e. The lowest BCUT2D eigenvalue weighted by Gasteiger charge is -2.46. The molecule has 116 valence electrons. The maximum Gasteiger partial charge on any atom is 0.220 e. The van der Waals surface area contributed by atoms with Gasteiger partial charge in [0.1, 0.15) is 0 Å². The smallest absolute Gasteiger partial charge is 0.220 e. The summed E-state index contributed by atoms with van der Waals surface area (Å²) in [6, 6.07) is 0.213. The van der Waals surface area contributed by atoms with Gasteiger partial charge in [0.2, 0.25) is 11.8 Å². The molecule has 1 rings (SSSR count). The standard InChI is InChI=1S/C15H29N3O2/c1-14(2)9-11(10-15(3,4)18-14)17-13(20)8-6-5-7-12(16)19/h11,18H,5-10H2,1-4H3,(H2,16,19)(H,17,20). The van der Waals surface area contributed by atoms with Crippen molar-refractivity contribution >= 4 is 11.8 Å². The lowest BCUT2D eigenvalue weighted by Crippen LogP contribution is -2.62. The fourth-order valence-electron chi connectivity index (χ4n) is 3.31. The number of nitrogens with two attached hydrogens (primary N) is 1. The van der Waals surface area contributed by atoms with Gasteiger partial charge in [-0.25, -0.2) is 0 Å². The summed E-state index contributed by atoms with van der Waals surface area (Å²) >= 11 is 0. The number of nitrogens with one attached hydrogen (secondary N) is 2. The van der Waals surface area contributed by atoms with Crippen molar-refractivity contribution < 1.29 is 9.59 Å². The van der Waals surface area contributed by atoms with E-state index in [0.29, 0.717) is 25.7 Å². The van der Waals surface area contributed by atoms with Gasteiger partial charge in [-0.2, -0.15) is 0 Å². The van der Waals surface area contributed by atoms with Crippen LogP contribution in [0.1, 0.15) is 66.2 Å². The maximum absolute atomic E-state index is 11.9. The molecule has 0 spiro atoms. The summed E-state index contributed by atoms with van der Waals surface area (Å²) in [5.41, 5.74) is 5.14. The van der Waals surface area contributed by atoms with Crippen molar-refractivity contribution in [2.45, 2.75) is 83.3 Å². The number of primary amides is 1. The lowest BCUT2D eigenvalue weighted by molar-refractivity contribution is -0.123. The average molecular weight is 283 g/mol. The molecule has 1 fully saturated rings. The van der Waals surface area contributed by atoms with Gasteiger partial charge in [-0.3, -0.25) is 9.59 Å². The zero-order valence-electron chi connectivity index (χ0n) is 13.2. The molecule has 0 aliphatic carbocycles. The molecule has 20 heavy (non-hydrogen) atoms. The van der Waals surface area contributed by atoms with Crippen LogP contribution in [0, 0.1) is 0 Å². The first-order valence-electron chi connectivity index (χ1n) is 7.47. The summed E-state index contributed by atoms with van der Waals surface area (Å²) in [7, 11) is 0. The van der Waals surface area contributed by atoms with Crippen LogP contribution in [-0.2, 0) is 9.59 Å². The zero-order valence-corrected chi connectivity index (χ0v) is 13.2. The van der Waals surface area contributed by atoms with Crippen LogP contribution in [0.3, 0.4) is 0 Å². The number of hydrogen-bond acceptors (Lipinski definition) is 3. The summed E-state index contributed by atoms with van der Waals surface area (Å²) in [6.07, 6.45) is 4.10. The second-order valence-electron chi connectivity index (χ2n) is 7.24. The van der Waals surface area contributed by atoms with Crippen LogP contribution in [0.25, 0.3) is 0 Å². The maximum atomic E-state index is 11.9. The van der Waals surface area contributed by atoms with E-state index in [2.05, 4.69) is 38.3 Å². The topological polar surface area (TPSA) is 84.2 Å². The number of amides is 2. The number of piperidine rings is 1. The molecule has 0 aromatic heterocycles. The number of unbranched alkanes of at least 4 members (excludes halogenated alkanes) is 1. The van der Waals surface area contributed by atoms with E-state index in [9.17, 15) is 9.59 Å². The number of carbonyl (C=O) groups is 2. The van der Waals surface area contributed by atoms with E-state index in [-0.39, 0.29) is 28.9 Å². The van der Waals surface area contributed by atoms with Gasteiger partial charge in [-0.15, -0.1) is 0 Å². The van der Waals surface area contributed by atoms with E-state index in [1.54, 1.807) is 0 Å². The molecule has 1 aliphatic heterocycles. The SMILES string of the molecule is CC1(C)CC(NC(=O)CCCCC(N)=O)CC(C)(C)N1. The molecule has 5 nitrogen and oxygen atoms in total. The summed E-state index contributed by atoms with van der Waals surface area (Å²) < 4.78 is 0. The van der Waals surface area contributed by atoms with E-state index < -0.39 is 0 Å². The predicted octanol–water partition coefficient (Wildman–Crippen LogP) is 1.46. The van der Waals surface area contributed by atoms with Crippen molar-refractivity contribution in [2.75, 3.05) is 0 Å². The first-order valence-corrected chi connectivity index (χ1v) is 7.47. The van der Waals surface area contributed by atoms with Gasteiger partial charge in [0.05, 0.1) is 0 Å². The van der Waals surface area contributed by atoms with Crippen LogP contribution in [0.2, 0.25) is 0 Å². The molecule has 0 radical (unpaired) electrons. The minimum atomic E-state index is -0.299. The minimum absolute atomic E-state index is 0.0334. The highest BCUT2D eigenvalue weighted by Gasteiger charge is 2.37. The Hall–Kier alpha value is -1.10. The van der Waals surface area contributed by atoms with Gasteiger partial charge >= 0.3 is 0 Å². The predicted molar refractivity (Wildman–Crippen MR) is 80.1 cm³/mol. The second kappa shape index (κ2) is 6.57. The summed E-state index contributed by atoms with van der Waals surface area (Å²) in [6.45, 7) is 8.67. The summed E-state index contributed by atoms with van der Waals surface area (Å²) in [5, 5.41) is 6.72. The Morgan fingerprint density at radius 3 is 2.10 bits per heavy atom. The molecule has 1 saturated heterocycles. The molecule has 4 N–H and O–H groups in total. The van der Waals surface area contributed by atoms with E-state index in [1.807, 2.05) is 0 Å². The number of hydrogen-bond donors (Lipinski definition) is 3. The van der Waals surface area contributed by atoms with Crippen molar-refractivity contribution in [1.29, 1.82) is 0 Å². The fraction of sp³-hybridized carbons (Fsp3) is 0.867. The molecular formula is C15H29N3O2. The highest BCUT2D eigenvalue weighted by atomic mass is 16.2. The van der Waals surface area contributed by atoms with Crippen LogP contribution in [0.15, 0.2) is 0 Å². The molecule has 0 aromatic rings. The zero-order chi connectivity index (χ0) is 15.4. The van der Waals surface area contributed by atoms with Crippen LogP contribution >= 0.6 is 0 Å².